The normalized spacial score (nSPS) is 18.4. The minimum absolute atomic E-state index is 0.127. The topological polar surface area (TPSA) is 100 Å². The molecular weight excluding hydrogens is 290 g/mol. The Kier molecular flexibility index (Phi) is 5.00. The van der Waals surface area contributed by atoms with Crippen LogP contribution in [0.5, 0.6) is 0 Å². The summed E-state index contributed by atoms with van der Waals surface area (Å²) in [6.45, 7) is 3.24. The monoisotopic (exact) mass is 311 g/mol. The van der Waals surface area contributed by atoms with Gasteiger partial charge < -0.3 is 21.3 Å². The van der Waals surface area contributed by atoms with Gasteiger partial charge in [-0.3, -0.25) is 9.59 Å². The number of likely N-dealkylation sites (N-methyl/N-ethyl adjacent to an activating group) is 1. The summed E-state index contributed by atoms with van der Waals surface area (Å²) < 4.78 is 0. The van der Waals surface area contributed by atoms with Crippen molar-refractivity contribution in [1.29, 1.82) is 0 Å². The van der Waals surface area contributed by atoms with Gasteiger partial charge in [0.25, 0.3) is 5.91 Å². The molecule has 116 valence electrons. The first-order valence-electron chi connectivity index (χ1n) is 7.11. The maximum absolute atomic E-state index is 12.7. The molecule has 8 heteroatoms. The van der Waals surface area contributed by atoms with Gasteiger partial charge in [0, 0.05) is 20.1 Å². The molecular formula is C13H21N5O2S. The van der Waals surface area contributed by atoms with Crippen LogP contribution in [0.3, 0.4) is 0 Å². The number of piperidine rings is 1. The second kappa shape index (κ2) is 6.75. The molecule has 1 aromatic heterocycles. The van der Waals surface area contributed by atoms with Gasteiger partial charge >= 0.3 is 0 Å². The van der Waals surface area contributed by atoms with Crippen LogP contribution < -0.4 is 16.4 Å². The van der Waals surface area contributed by atoms with E-state index in [1.165, 1.54) is 11.3 Å². The Balaban J connectivity index is 2.22. The molecule has 2 amide bonds. The number of carbonyl (C=O) groups excluding carboxylic acids is 2. The van der Waals surface area contributed by atoms with E-state index in [0.29, 0.717) is 29.5 Å². The summed E-state index contributed by atoms with van der Waals surface area (Å²) in [5, 5.41) is 6.30. The molecule has 0 spiro atoms. The summed E-state index contributed by atoms with van der Waals surface area (Å²) >= 11 is 1.24. The van der Waals surface area contributed by atoms with E-state index in [-0.39, 0.29) is 17.6 Å². The fourth-order valence-corrected chi connectivity index (χ4v) is 3.36. The van der Waals surface area contributed by atoms with Gasteiger partial charge in [-0.1, -0.05) is 11.3 Å². The van der Waals surface area contributed by atoms with Crippen molar-refractivity contribution in [1.82, 2.24) is 15.2 Å². The number of nitrogen functional groups attached to an aromatic ring is 1. The summed E-state index contributed by atoms with van der Waals surface area (Å²) in [6.07, 6.45) is 2.53. The summed E-state index contributed by atoms with van der Waals surface area (Å²) in [6, 6.07) is -0.416. The highest BCUT2D eigenvalue weighted by Crippen LogP contribution is 2.28. The molecule has 0 aromatic carbocycles. The number of carbonyl (C=O) groups is 2. The molecule has 2 rings (SSSR count). The van der Waals surface area contributed by atoms with Crippen molar-refractivity contribution in [3.8, 4) is 0 Å². The van der Waals surface area contributed by atoms with Gasteiger partial charge in [-0.25, -0.2) is 4.98 Å². The number of rotatable bonds is 4. The lowest BCUT2D eigenvalue weighted by molar-refractivity contribution is -0.126. The summed E-state index contributed by atoms with van der Waals surface area (Å²) in [5.74, 6) is -0.109. The Morgan fingerprint density at radius 3 is 2.90 bits per heavy atom. The molecule has 1 saturated heterocycles. The van der Waals surface area contributed by atoms with E-state index < -0.39 is 6.04 Å². The van der Waals surface area contributed by atoms with Crippen molar-refractivity contribution in [3.05, 3.63) is 4.88 Å². The Bertz CT molecular complexity index is 531. The van der Waals surface area contributed by atoms with E-state index in [1.807, 2.05) is 6.92 Å². The van der Waals surface area contributed by atoms with Crippen molar-refractivity contribution in [2.45, 2.75) is 32.2 Å². The van der Waals surface area contributed by atoms with E-state index in [0.717, 1.165) is 12.8 Å². The molecule has 1 unspecified atom stereocenters. The van der Waals surface area contributed by atoms with Crippen molar-refractivity contribution in [3.63, 3.8) is 0 Å². The Morgan fingerprint density at radius 2 is 2.24 bits per heavy atom. The number of thiazole rings is 1. The van der Waals surface area contributed by atoms with E-state index in [4.69, 9.17) is 5.73 Å². The molecule has 0 bridgehead atoms. The number of hydrogen-bond donors (Lipinski definition) is 3. The van der Waals surface area contributed by atoms with Gasteiger partial charge in [-0.2, -0.15) is 0 Å². The predicted octanol–water partition coefficient (Wildman–Crippen LogP) is 0.898. The molecule has 1 aliphatic rings. The molecule has 7 nitrogen and oxygen atoms in total. The zero-order valence-electron chi connectivity index (χ0n) is 12.3. The first-order valence-corrected chi connectivity index (χ1v) is 7.92. The number of nitrogens with two attached hydrogens (primary N) is 1. The van der Waals surface area contributed by atoms with Gasteiger partial charge in [0.15, 0.2) is 5.13 Å². The second-order valence-electron chi connectivity index (χ2n) is 4.89. The highest BCUT2D eigenvalue weighted by atomic mass is 32.1. The quantitative estimate of drug-likeness (QED) is 0.767. The third kappa shape index (κ3) is 3.26. The lowest BCUT2D eigenvalue weighted by Crippen LogP contribution is -2.51. The van der Waals surface area contributed by atoms with Crippen LogP contribution in [0, 0.1) is 0 Å². The third-order valence-electron chi connectivity index (χ3n) is 3.49. The molecule has 4 N–H and O–H groups in total. The van der Waals surface area contributed by atoms with Crippen LogP contribution in [-0.4, -0.2) is 47.9 Å². The highest BCUT2D eigenvalue weighted by molar-refractivity contribution is 7.18. The van der Waals surface area contributed by atoms with Crippen molar-refractivity contribution < 1.29 is 9.59 Å². The smallest absolute Gasteiger partial charge is 0.268 e. The lowest BCUT2D eigenvalue weighted by Gasteiger charge is -2.34. The molecule has 21 heavy (non-hydrogen) atoms. The Hall–Kier alpha value is -1.83. The molecule has 1 atom stereocenters. The Labute approximate surface area is 127 Å². The van der Waals surface area contributed by atoms with Gasteiger partial charge in [0.05, 0.1) is 0 Å². The summed E-state index contributed by atoms with van der Waals surface area (Å²) in [7, 11) is 1.59. The lowest BCUT2D eigenvalue weighted by atomic mass is 10.0. The number of likely N-dealkylation sites (tertiary alicyclic amines) is 1. The highest BCUT2D eigenvalue weighted by Gasteiger charge is 2.33. The van der Waals surface area contributed by atoms with Crippen LogP contribution in [0.15, 0.2) is 0 Å². The molecule has 1 aliphatic heterocycles. The summed E-state index contributed by atoms with van der Waals surface area (Å²) in [4.78, 5) is 30.8. The van der Waals surface area contributed by atoms with Crippen LogP contribution in [-0.2, 0) is 4.79 Å². The number of amides is 2. The van der Waals surface area contributed by atoms with E-state index in [9.17, 15) is 9.59 Å². The van der Waals surface area contributed by atoms with Crippen molar-refractivity contribution in [2.24, 2.45) is 0 Å². The first kappa shape index (κ1) is 15.6. The van der Waals surface area contributed by atoms with Gasteiger partial charge in [-0.15, -0.1) is 0 Å². The average Bonchev–Trinajstić information content (AvgIpc) is 2.86. The molecule has 1 fully saturated rings. The zero-order valence-corrected chi connectivity index (χ0v) is 13.1. The van der Waals surface area contributed by atoms with E-state index in [1.54, 1.807) is 11.9 Å². The minimum Gasteiger partial charge on any atom is -0.382 e. The molecule has 1 aromatic rings. The van der Waals surface area contributed by atoms with Gasteiger partial charge in [0.1, 0.15) is 16.7 Å². The fraction of sp³-hybridized carbons (Fsp3) is 0.615. The maximum atomic E-state index is 12.7. The summed E-state index contributed by atoms with van der Waals surface area (Å²) in [5.41, 5.74) is 5.84. The molecule has 2 heterocycles. The van der Waals surface area contributed by atoms with Crippen LogP contribution >= 0.6 is 11.3 Å². The number of hydrogen-bond acceptors (Lipinski definition) is 6. The van der Waals surface area contributed by atoms with Crippen LogP contribution in [0.2, 0.25) is 0 Å². The molecule has 0 aliphatic carbocycles. The standard InChI is InChI=1S/C13H21N5O2S/c1-3-16-13-17-10(14)9(21-13)12(20)18-7-5-4-6-8(18)11(19)15-2/h8H,3-7,14H2,1-2H3,(H,15,19)(H,16,17). The van der Waals surface area contributed by atoms with Crippen LogP contribution in [0.1, 0.15) is 35.9 Å². The fourth-order valence-electron chi connectivity index (χ4n) is 2.46. The number of aromatic nitrogens is 1. The third-order valence-corrected chi connectivity index (χ3v) is 4.51. The van der Waals surface area contributed by atoms with Crippen LogP contribution in [0.25, 0.3) is 0 Å². The average molecular weight is 311 g/mol. The largest absolute Gasteiger partial charge is 0.382 e. The molecule has 0 saturated carbocycles. The number of nitrogens with one attached hydrogen (secondary N) is 2. The SMILES string of the molecule is CCNc1nc(N)c(C(=O)N2CCCCC2C(=O)NC)s1. The van der Waals surface area contributed by atoms with Crippen molar-refractivity contribution >= 4 is 34.1 Å². The molecule has 0 radical (unpaired) electrons. The number of nitrogens with zero attached hydrogens (tertiary/aromatic N) is 2. The first-order chi connectivity index (χ1) is 10.1. The maximum Gasteiger partial charge on any atom is 0.268 e. The second-order valence-corrected chi connectivity index (χ2v) is 5.89. The van der Waals surface area contributed by atoms with E-state index >= 15 is 0 Å². The van der Waals surface area contributed by atoms with E-state index in [2.05, 4.69) is 15.6 Å². The van der Waals surface area contributed by atoms with Gasteiger partial charge in [0.2, 0.25) is 5.91 Å². The van der Waals surface area contributed by atoms with Gasteiger partial charge in [-0.05, 0) is 26.2 Å². The number of anilines is 2. The predicted molar refractivity (Wildman–Crippen MR) is 83.4 cm³/mol. The van der Waals surface area contributed by atoms with Crippen molar-refractivity contribution in [2.75, 3.05) is 31.2 Å². The van der Waals surface area contributed by atoms with Crippen LogP contribution in [0.4, 0.5) is 10.9 Å². The minimum atomic E-state index is -0.416. The zero-order chi connectivity index (χ0) is 15.4. The Morgan fingerprint density at radius 1 is 1.48 bits per heavy atom.